The number of benzene rings is 2. The van der Waals surface area contributed by atoms with Gasteiger partial charge in [0.15, 0.2) is 5.96 Å². The van der Waals surface area contributed by atoms with Crippen LogP contribution < -0.4 is 25.8 Å². The van der Waals surface area contributed by atoms with E-state index >= 15 is 0 Å². The Balaban J connectivity index is 1.75. The van der Waals surface area contributed by atoms with Crippen LogP contribution in [-0.4, -0.2) is 45.7 Å². The molecule has 0 spiro atoms. The van der Waals surface area contributed by atoms with E-state index in [9.17, 15) is 9.18 Å². The molecular formula is C21H27FN4O3. The summed E-state index contributed by atoms with van der Waals surface area (Å²) in [6, 6.07) is 13.3. The van der Waals surface area contributed by atoms with Crippen LogP contribution in [0.1, 0.15) is 5.56 Å². The number of primary amides is 1. The smallest absolute Gasteiger partial charge is 0.222 e. The lowest BCUT2D eigenvalue weighted by Gasteiger charge is -2.17. The summed E-state index contributed by atoms with van der Waals surface area (Å²) in [5.74, 6) is 0.848. The van der Waals surface area contributed by atoms with E-state index in [0.717, 1.165) is 17.1 Å². The molecule has 0 aliphatic carbocycles. The molecule has 2 aromatic rings. The molecule has 4 N–H and O–H groups in total. The Hall–Kier alpha value is -3.29. The highest BCUT2D eigenvalue weighted by Gasteiger charge is 2.16. The van der Waals surface area contributed by atoms with E-state index in [1.165, 1.54) is 12.1 Å². The summed E-state index contributed by atoms with van der Waals surface area (Å²) in [7, 11) is 3.25. The topological polar surface area (TPSA) is 98.0 Å². The minimum absolute atomic E-state index is 0.311. The molecule has 2 rings (SSSR count). The summed E-state index contributed by atoms with van der Waals surface area (Å²) in [5, 5.41) is 6.20. The van der Waals surface area contributed by atoms with Gasteiger partial charge in [-0.2, -0.15) is 0 Å². The third-order valence-electron chi connectivity index (χ3n) is 4.26. The number of guanidine groups is 1. The van der Waals surface area contributed by atoms with E-state index in [1.807, 2.05) is 24.3 Å². The Bertz CT molecular complexity index is 795. The van der Waals surface area contributed by atoms with Crippen molar-refractivity contribution < 1.29 is 18.7 Å². The van der Waals surface area contributed by atoms with Crippen LogP contribution in [0.3, 0.4) is 0 Å². The highest BCUT2D eigenvalue weighted by atomic mass is 19.1. The molecule has 0 aliphatic heterocycles. The number of amides is 1. The number of ether oxygens (including phenoxy) is 2. The van der Waals surface area contributed by atoms with Gasteiger partial charge in [0.05, 0.1) is 19.6 Å². The standard InChI is InChI=1S/C21H27FN4O3/c1-24-21(25-11-12-29-19-9-7-18(28-2)8-10-19)26-14-16(20(23)27)13-15-3-5-17(22)6-4-15/h3-10,16H,11-14H2,1-2H3,(H2,23,27)(H2,24,25,26). The van der Waals surface area contributed by atoms with Crippen molar-refractivity contribution >= 4 is 11.9 Å². The summed E-state index contributed by atoms with van der Waals surface area (Å²) >= 11 is 0. The molecule has 2 aromatic carbocycles. The number of aliphatic imine (C=N–C) groups is 1. The Morgan fingerprint density at radius 3 is 2.34 bits per heavy atom. The molecule has 0 fully saturated rings. The van der Waals surface area contributed by atoms with Crippen LogP contribution in [0.25, 0.3) is 0 Å². The molecule has 7 nitrogen and oxygen atoms in total. The van der Waals surface area contributed by atoms with E-state index in [4.69, 9.17) is 15.2 Å². The van der Waals surface area contributed by atoms with Gasteiger partial charge in [0.25, 0.3) is 0 Å². The average molecular weight is 402 g/mol. The van der Waals surface area contributed by atoms with Gasteiger partial charge in [0.2, 0.25) is 5.91 Å². The fraction of sp³-hybridized carbons (Fsp3) is 0.333. The van der Waals surface area contributed by atoms with Crippen molar-refractivity contribution in [2.24, 2.45) is 16.6 Å². The van der Waals surface area contributed by atoms with E-state index in [2.05, 4.69) is 15.6 Å². The highest BCUT2D eigenvalue weighted by molar-refractivity contribution is 5.81. The lowest BCUT2D eigenvalue weighted by Crippen LogP contribution is -2.44. The molecule has 0 heterocycles. The van der Waals surface area contributed by atoms with Crippen molar-refractivity contribution in [2.75, 3.05) is 33.9 Å². The van der Waals surface area contributed by atoms with Crippen molar-refractivity contribution in [1.82, 2.24) is 10.6 Å². The Labute approximate surface area is 170 Å². The van der Waals surface area contributed by atoms with Crippen LogP contribution in [0.15, 0.2) is 53.5 Å². The minimum atomic E-state index is -0.449. The van der Waals surface area contributed by atoms with Crippen LogP contribution in [0, 0.1) is 11.7 Å². The number of carbonyl (C=O) groups is 1. The van der Waals surface area contributed by atoms with Gasteiger partial charge >= 0.3 is 0 Å². The number of rotatable bonds is 10. The lowest BCUT2D eigenvalue weighted by molar-refractivity contribution is -0.121. The van der Waals surface area contributed by atoms with E-state index in [0.29, 0.717) is 32.1 Å². The molecule has 1 unspecified atom stereocenters. The summed E-state index contributed by atoms with van der Waals surface area (Å²) in [5.41, 5.74) is 6.35. The largest absolute Gasteiger partial charge is 0.497 e. The third-order valence-corrected chi connectivity index (χ3v) is 4.26. The maximum atomic E-state index is 13.0. The molecule has 1 amide bonds. The van der Waals surface area contributed by atoms with Gasteiger partial charge in [-0.3, -0.25) is 9.79 Å². The van der Waals surface area contributed by atoms with Crippen molar-refractivity contribution in [1.29, 1.82) is 0 Å². The van der Waals surface area contributed by atoms with E-state index in [-0.39, 0.29) is 5.82 Å². The van der Waals surface area contributed by atoms with Crippen LogP contribution in [0.4, 0.5) is 4.39 Å². The fourth-order valence-corrected chi connectivity index (χ4v) is 2.63. The molecular weight excluding hydrogens is 375 g/mol. The average Bonchev–Trinajstić information content (AvgIpc) is 2.73. The number of carbonyl (C=O) groups excluding carboxylic acids is 1. The Morgan fingerprint density at radius 2 is 1.76 bits per heavy atom. The van der Waals surface area contributed by atoms with Gasteiger partial charge < -0.3 is 25.8 Å². The summed E-state index contributed by atoms with van der Waals surface area (Å²) in [6.07, 6.45) is 0.417. The molecule has 0 saturated carbocycles. The Kier molecular flexibility index (Phi) is 8.75. The Morgan fingerprint density at radius 1 is 1.10 bits per heavy atom. The van der Waals surface area contributed by atoms with E-state index < -0.39 is 11.8 Å². The first-order valence-corrected chi connectivity index (χ1v) is 9.27. The molecule has 0 bridgehead atoms. The number of halogens is 1. The first-order valence-electron chi connectivity index (χ1n) is 9.27. The first kappa shape index (κ1) is 22.0. The lowest BCUT2D eigenvalue weighted by atomic mass is 9.98. The number of methoxy groups -OCH3 is 1. The fourth-order valence-electron chi connectivity index (χ4n) is 2.63. The first-order chi connectivity index (χ1) is 14.0. The van der Waals surface area contributed by atoms with Crippen molar-refractivity contribution in [3.63, 3.8) is 0 Å². The zero-order valence-electron chi connectivity index (χ0n) is 16.7. The van der Waals surface area contributed by atoms with Gasteiger partial charge in [-0.1, -0.05) is 12.1 Å². The SMILES string of the molecule is CN=C(NCCOc1ccc(OC)cc1)NCC(Cc1ccc(F)cc1)C(N)=O. The molecule has 0 radical (unpaired) electrons. The molecule has 1 atom stereocenters. The normalized spacial score (nSPS) is 12.2. The van der Waals surface area contributed by atoms with Gasteiger partial charge in [-0.25, -0.2) is 4.39 Å². The van der Waals surface area contributed by atoms with Crippen LogP contribution in [0.5, 0.6) is 11.5 Å². The second kappa shape index (κ2) is 11.5. The van der Waals surface area contributed by atoms with E-state index in [1.54, 1.807) is 26.3 Å². The number of nitrogens with two attached hydrogens (primary N) is 1. The summed E-state index contributed by atoms with van der Waals surface area (Å²) in [4.78, 5) is 15.9. The van der Waals surface area contributed by atoms with Crippen molar-refractivity contribution in [2.45, 2.75) is 6.42 Å². The molecule has 0 aliphatic rings. The van der Waals surface area contributed by atoms with Gasteiger partial charge in [0.1, 0.15) is 23.9 Å². The molecule has 8 heteroatoms. The van der Waals surface area contributed by atoms with Crippen LogP contribution >= 0.6 is 0 Å². The van der Waals surface area contributed by atoms with Gasteiger partial charge in [-0.05, 0) is 48.4 Å². The number of nitrogens with one attached hydrogen (secondary N) is 2. The van der Waals surface area contributed by atoms with Crippen molar-refractivity contribution in [3.05, 3.63) is 59.9 Å². The van der Waals surface area contributed by atoms with Gasteiger partial charge in [-0.15, -0.1) is 0 Å². The predicted octanol–water partition coefficient (Wildman–Crippen LogP) is 1.72. The molecule has 156 valence electrons. The number of hydrogen-bond acceptors (Lipinski definition) is 4. The molecule has 29 heavy (non-hydrogen) atoms. The maximum Gasteiger partial charge on any atom is 0.222 e. The second-order valence-electron chi connectivity index (χ2n) is 6.33. The van der Waals surface area contributed by atoms with Gasteiger partial charge in [0, 0.05) is 13.6 Å². The molecule has 0 saturated heterocycles. The monoisotopic (exact) mass is 402 g/mol. The zero-order chi connectivity index (χ0) is 21.1. The molecule has 0 aromatic heterocycles. The van der Waals surface area contributed by atoms with Crippen LogP contribution in [-0.2, 0) is 11.2 Å². The summed E-state index contributed by atoms with van der Waals surface area (Å²) < 4.78 is 23.8. The third kappa shape index (κ3) is 7.69. The zero-order valence-corrected chi connectivity index (χ0v) is 16.7. The minimum Gasteiger partial charge on any atom is -0.497 e. The number of nitrogens with zero attached hydrogens (tertiary/aromatic N) is 1. The van der Waals surface area contributed by atoms with Crippen LogP contribution in [0.2, 0.25) is 0 Å². The maximum absolute atomic E-state index is 13.0. The predicted molar refractivity (Wildman–Crippen MR) is 111 cm³/mol. The van der Waals surface area contributed by atoms with Crippen molar-refractivity contribution in [3.8, 4) is 11.5 Å². The second-order valence-corrected chi connectivity index (χ2v) is 6.33. The highest BCUT2D eigenvalue weighted by Crippen LogP contribution is 2.16. The quantitative estimate of drug-likeness (QED) is 0.319. The number of hydrogen-bond donors (Lipinski definition) is 3. The summed E-state index contributed by atoms with van der Waals surface area (Å²) in [6.45, 7) is 1.26.